The third kappa shape index (κ3) is 1.24. The van der Waals surface area contributed by atoms with E-state index in [1.54, 1.807) is 12.4 Å². The number of nitrogens with one attached hydrogen (secondary N) is 2. The number of rotatable bonds is 1. The molecule has 0 spiro atoms. The summed E-state index contributed by atoms with van der Waals surface area (Å²) in [6, 6.07) is 7.89. The highest BCUT2D eigenvalue weighted by molar-refractivity contribution is 6.05. The summed E-state index contributed by atoms with van der Waals surface area (Å²) in [7, 11) is 0. The maximum atomic E-state index is 4.60. The molecule has 4 aromatic heterocycles. The minimum absolute atomic E-state index is 0.866. The minimum atomic E-state index is 0.866. The molecule has 4 rings (SSSR count). The summed E-state index contributed by atoms with van der Waals surface area (Å²) < 4.78 is 0. The van der Waals surface area contributed by atoms with Crippen molar-refractivity contribution >= 4 is 21.9 Å². The van der Waals surface area contributed by atoms with E-state index in [1.807, 2.05) is 24.4 Å². The standard InChI is InChI=1S/C13H9N5/c1-2-11(12-4-6-15-18-12)17-13-8(1)9-7-14-5-3-10(9)16-13/h1-7H,(H,15,18)(H,16,17). The van der Waals surface area contributed by atoms with Crippen LogP contribution < -0.4 is 0 Å². The van der Waals surface area contributed by atoms with Crippen molar-refractivity contribution in [3.63, 3.8) is 0 Å². The van der Waals surface area contributed by atoms with Crippen molar-refractivity contribution in [3.05, 3.63) is 42.9 Å². The van der Waals surface area contributed by atoms with Gasteiger partial charge in [-0.1, -0.05) is 0 Å². The number of fused-ring (bicyclic) bond motifs is 3. The first-order valence-electron chi connectivity index (χ1n) is 5.64. The second-order valence-electron chi connectivity index (χ2n) is 4.11. The quantitative estimate of drug-likeness (QED) is 0.532. The molecule has 0 aromatic carbocycles. The average Bonchev–Trinajstić information content (AvgIpc) is 3.05. The molecule has 0 fully saturated rings. The largest absolute Gasteiger partial charge is 0.339 e. The number of aromatic amines is 2. The molecule has 0 amide bonds. The Morgan fingerprint density at radius 3 is 2.83 bits per heavy atom. The van der Waals surface area contributed by atoms with Gasteiger partial charge in [-0.05, 0) is 24.3 Å². The zero-order valence-corrected chi connectivity index (χ0v) is 9.38. The number of nitrogens with zero attached hydrogens (tertiary/aromatic N) is 3. The van der Waals surface area contributed by atoms with E-state index in [1.165, 1.54) is 0 Å². The van der Waals surface area contributed by atoms with Gasteiger partial charge in [-0.15, -0.1) is 0 Å². The summed E-state index contributed by atoms with van der Waals surface area (Å²) >= 11 is 0. The zero-order valence-electron chi connectivity index (χ0n) is 9.38. The van der Waals surface area contributed by atoms with Gasteiger partial charge in [0.1, 0.15) is 5.65 Å². The smallest absolute Gasteiger partial charge is 0.139 e. The van der Waals surface area contributed by atoms with Crippen LogP contribution in [0.25, 0.3) is 33.3 Å². The molecule has 0 unspecified atom stereocenters. The third-order valence-electron chi connectivity index (χ3n) is 3.04. The molecule has 5 nitrogen and oxygen atoms in total. The highest BCUT2D eigenvalue weighted by Crippen LogP contribution is 2.25. The molecule has 4 heterocycles. The molecule has 18 heavy (non-hydrogen) atoms. The molecule has 4 aromatic rings. The van der Waals surface area contributed by atoms with Crippen molar-refractivity contribution in [2.24, 2.45) is 0 Å². The highest BCUT2D eigenvalue weighted by atomic mass is 15.1. The van der Waals surface area contributed by atoms with Crippen molar-refractivity contribution in [1.82, 2.24) is 25.1 Å². The Labute approximate surface area is 102 Å². The maximum absolute atomic E-state index is 4.60. The summed E-state index contributed by atoms with van der Waals surface area (Å²) in [6.45, 7) is 0. The first-order chi connectivity index (χ1) is 8.92. The molecule has 0 aliphatic carbocycles. The fraction of sp³-hybridized carbons (Fsp3) is 0. The molecule has 2 N–H and O–H groups in total. The van der Waals surface area contributed by atoms with Gasteiger partial charge in [0.15, 0.2) is 0 Å². The SMILES string of the molecule is c1cc2[nH]c3nc(-c4ccn[nH]4)ccc3c2cn1. The molecule has 0 aliphatic heterocycles. The van der Waals surface area contributed by atoms with Crippen LogP contribution in [0.1, 0.15) is 0 Å². The summed E-state index contributed by atoms with van der Waals surface area (Å²) in [5.74, 6) is 0. The van der Waals surface area contributed by atoms with Crippen LogP contribution in [0.5, 0.6) is 0 Å². The molecule has 5 heteroatoms. The molecule has 0 bridgehead atoms. The number of hydrogen-bond donors (Lipinski definition) is 2. The van der Waals surface area contributed by atoms with Gasteiger partial charge in [0.05, 0.1) is 16.9 Å². The minimum Gasteiger partial charge on any atom is -0.339 e. The molecule has 0 atom stereocenters. The molecular weight excluding hydrogens is 226 g/mol. The first-order valence-corrected chi connectivity index (χ1v) is 5.64. The van der Waals surface area contributed by atoms with Crippen molar-refractivity contribution in [2.75, 3.05) is 0 Å². The van der Waals surface area contributed by atoms with Crippen LogP contribution in [0, 0.1) is 0 Å². The Morgan fingerprint density at radius 1 is 0.944 bits per heavy atom. The molecule has 0 saturated carbocycles. The zero-order chi connectivity index (χ0) is 11.9. The van der Waals surface area contributed by atoms with Crippen LogP contribution in [-0.2, 0) is 0 Å². The Hall–Kier alpha value is -2.69. The lowest BCUT2D eigenvalue weighted by Crippen LogP contribution is -1.84. The second kappa shape index (κ2) is 3.40. The van der Waals surface area contributed by atoms with E-state index in [9.17, 15) is 0 Å². The van der Waals surface area contributed by atoms with Crippen LogP contribution in [-0.4, -0.2) is 25.1 Å². The fourth-order valence-electron chi connectivity index (χ4n) is 2.17. The van der Waals surface area contributed by atoms with Crippen LogP contribution in [0.3, 0.4) is 0 Å². The van der Waals surface area contributed by atoms with Crippen LogP contribution in [0.2, 0.25) is 0 Å². The lowest BCUT2D eigenvalue weighted by molar-refractivity contribution is 1.09. The van der Waals surface area contributed by atoms with Gasteiger partial charge in [-0.25, -0.2) is 4.98 Å². The Balaban J connectivity index is 2.04. The fourth-order valence-corrected chi connectivity index (χ4v) is 2.17. The maximum Gasteiger partial charge on any atom is 0.139 e. The van der Waals surface area contributed by atoms with Gasteiger partial charge < -0.3 is 4.98 Å². The predicted octanol–water partition coefficient (Wildman–Crippen LogP) is 2.50. The summed E-state index contributed by atoms with van der Waals surface area (Å²) in [6.07, 6.45) is 5.34. The van der Waals surface area contributed by atoms with Gasteiger partial charge in [0.25, 0.3) is 0 Å². The summed E-state index contributed by atoms with van der Waals surface area (Å²) in [5, 5.41) is 9.03. The summed E-state index contributed by atoms with van der Waals surface area (Å²) in [4.78, 5) is 12.0. The first kappa shape index (κ1) is 9.35. The van der Waals surface area contributed by atoms with E-state index in [2.05, 4.69) is 31.2 Å². The molecule has 0 aliphatic rings. The van der Waals surface area contributed by atoms with Crippen molar-refractivity contribution in [2.45, 2.75) is 0 Å². The van der Waals surface area contributed by atoms with E-state index in [-0.39, 0.29) is 0 Å². The van der Waals surface area contributed by atoms with Crippen LogP contribution >= 0.6 is 0 Å². The Morgan fingerprint density at radius 2 is 1.94 bits per heavy atom. The van der Waals surface area contributed by atoms with E-state index in [4.69, 9.17) is 0 Å². The lowest BCUT2D eigenvalue weighted by atomic mass is 10.2. The highest BCUT2D eigenvalue weighted by Gasteiger charge is 2.07. The molecular formula is C13H9N5. The number of H-pyrrole nitrogens is 2. The molecule has 86 valence electrons. The number of hydrogen-bond acceptors (Lipinski definition) is 3. The Bertz CT molecular complexity index is 829. The van der Waals surface area contributed by atoms with Crippen LogP contribution in [0.4, 0.5) is 0 Å². The van der Waals surface area contributed by atoms with Gasteiger partial charge >= 0.3 is 0 Å². The molecule has 0 radical (unpaired) electrons. The lowest BCUT2D eigenvalue weighted by Gasteiger charge is -1.96. The van der Waals surface area contributed by atoms with Crippen molar-refractivity contribution in [3.8, 4) is 11.4 Å². The Kier molecular flexibility index (Phi) is 1.77. The second-order valence-corrected chi connectivity index (χ2v) is 4.11. The topological polar surface area (TPSA) is 70.2 Å². The number of pyridine rings is 2. The van der Waals surface area contributed by atoms with E-state index in [0.717, 1.165) is 33.3 Å². The number of aromatic nitrogens is 5. The molecule has 0 saturated heterocycles. The average molecular weight is 235 g/mol. The van der Waals surface area contributed by atoms with Gasteiger partial charge in [0, 0.05) is 29.4 Å². The predicted molar refractivity (Wildman–Crippen MR) is 69.0 cm³/mol. The third-order valence-corrected chi connectivity index (χ3v) is 3.04. The van der Waals surface area contributed by atoms with Gasteiger partial charge in [-0.2, -0.15) is 5.10 Å². The van der Waals surface area contributed by atoms with Crippen molar-refractivity contribution < 1.29 is 0 Å². The van der Waals surface area contributed by atoms with Crippen LogP contribution in [0.15, 0.2) is 42.9 Å². The van der Waals surface area contributed by atoms with E-state index >= 15 is 0 Å². The monoisotopic (exact) mass is 235 g/mol. The van der Waals surface area contributed by atoms with Crippen molar-refractivity contribution in [1.29, 1.82) is 0 Å². The van der Waals surface area contributed by atoms with E-state index in [0.29, 0.717) is 0 Å². The summed E-state index contributed by atoms with van der Waals surface area (Å²) in [5.41, 5.74) is 3.70. The van der Waals surface area contributed by atoms with Gasteiger partial charge in [0.2, 0.25) is 0 Å². The normalized spacial score (nSPS) is 11.3. The van der Waals surface area contributed by atoms with E-state index < -0.39 is 0 Å². The van der Waals surface area contributed by atoms with Gasteiger partial charge in [-0.3, -0.25) is 10.1 Å².